The van der Waals surface area contributed by atoms with Gasteiger partial charge in [-0.2, -0.15) is 11.3 Å². The SMILES string of the molecule is CCS(=O)C1CCCC(NC(=NC)NCC(C)c2ccsc2)C1. The Kier molecular flexibility index (Phi) is 7.56. The van der Waals surface area contributed by atoms with Crippen LogP contribution < -0.4 is 10.6 Å². The van der Waals surface area contributed by atoms with Crippen LogP contribution in [0.4, 0.5) is 0 Å². The van der Waals surface area contributed by atoms with Gasteiger partial charge in [0.1, 0.15) is 0 Å². The predicted molar refractivity (Wildman–Crippen MR) is 102 cm³/mol. The van der Waals surface area contributed by atoms with E-state index in [1.165, 1.54) is 5.56 Å². The largest absolute Gasteiger partial charge is 0.356 e. The van der Waals surface area contributed by atoms with E-state index in [2.05, 4.69) is 39.4 Å². The molecule has 1 fully saturated rings. The minimum absolute atomic E-state index is 0.342. The van der Waals surface area contributed by atoms with Crippen molar-refractivity contribution in [2.75, 3.05) is 19.3 Å². The zero-order valence-electron chi connectivity index (χ0n) is 14.4. The van der Waals surface area contributed by atoms with Crippen LogP contribution in [-0.2, 0) is 10.8 Å². The van der Waals surface area contributed by atoms with Crippen molar-refractivity contribution in [2.24, 2.45) is 4.99 Å². The highest BCUT2D eigenvalue weighted by Crippen LogP contribution is 2.23. The van der Waals surface area contributed by atoms with Gasteiger partial charge in [0, 0.05) is 41.4 Å². The van der Waals surface area contributed by atoms with Gasteiger partial charge in [0.15, 0.2) is 5.96 Å². The average Bonchev–Trinajstić information content (AvgIpc) is 3.12. The zero-order valence-corrected chi connectivity index (χ0v) is 16.0. The number of rotatable bonds is 6. The van der Waals surface area contributed by atoms with Crippen LogP contribution in [0.5, 0.6) is 0 Å². The Morgan fingerprint density at radius 3 is 3.00 bits per heavy atom. The highest BCUT2D eigenvalue weighted by molar-refractivity contribution is 7.85. The first-order valence-corrected chi connectivity index (χ1v) is 10.8. The molecule has 1 aromatic rings. The lowest BCUT2D eigenvalue weighted by molar-refractivity contribution is 0.413. The van der Waals surface area contributed by atoms with E-state index < -0.39 is 10.8 Å². The number of hydrogen-bond acceptors (Lipinski definition) is 3. The average molecular weight is 356 g/mol. The highest BCUT2D eigenvalue weighted by Gasteiger charge is 2.26. The van der Waals surface area contributed by atoms with Gasteiger partial charge in [0.2, 0.25) is 0 Å². The number of guanidine groups is 1. The molecule has 4 unspecified atom stereocenters. The molecule has 0 radical (unpaired) electrons. The van der Waals surface area contributed by atoms with Gasteiger partial charge in [0.25, 0.3) is 0 Å². The molecule has 23 heavy (non-hydrogen) atoms. The van der Waals surface area contributed by atoms with E-state index in [0.29, 0.717) is 17.2 Å². The maximum Gasteiger partial charge on any atom is 0.191 e. The summed E-state index contributed by atoms with van der Waals surface area (Å²) in [5, 5.41) is 11.6. The molecule has 6 heteroatoms. The van der Waals surface area contributed by atoms with E-state index in [1.54, 1.807) is 11.3 Å². The Bertz CT molecular complexity index is 516. The van der Waals surface area contributed by atoms with Crippen LogP contribution >= 0.6 is 11.3 Å². The second-order valence-electron chi connectivity index (χ2n) is 6.21. The molecule has 2 N–H and O–H groups in total. The van der Waals surface area contributed by atoms with Gasteiger partial charge in [-0.1, -0.05) is 20.3 Å². The quantitative estimate of drug-likeness (QED) is 0.609. The molecule has 4 nitrogen and oxygen atoms in total. The van der Waals surface area contributed by atoms with Crippen molar-refractivity contribution >= 4 is 28.1 Å². The van der Waals surface area contributed by atoms with Gasteiger partial charge in [-0.15, -0.1) is 0 Å². The molecule has 0 saturated heterocycles. The second-order valence-corrected chi connectivity index (χ2v) is 9.00. The first-order chi connectivity index (χ1) is 11.1. The van der Waals surface area contributed by atoms with Crippen molar-refractivity contribution in [3.63, 3.8) is 0 Å². The first-order valence-electron chi connectivity index (χ1n) is 8.50. The predicted octanol–water partition coefficient (Wildman–Crippen LogP) is 3.10. The van der Waals surface area contributed by atoms with Gasteiger partial charge >= 0.3 is 0 Å². The third-order valence-corrected chi connectivity index (χ3v) is 6.98. The van der Waals surface area contributed by atoms with Crippen molar-refractivity contribution in [2.45, 2.75) is 56.7 Å². The van der Waals surface area contributed by atoms with E-state index >= 15 is 0 Å². The summed E-state index contributed by atoms with van der Waals surface area (Å²) < 4.78 is 12.1. The van der Waals surface area contributed by atoms with Crippen LogP contribution in [0.15, 0.2) is 21.8 Å². The fraction of sp³-hybridized carbons (Fsp3) is 0.706. The number of thiophene rings is 1. The molecule has 1 aromatic heterocycles. The lowest BCUT2D eigenvalue weighted by atomic mass is 9.95. The maximum absolute atomic E-state index is 12.1. The van der Waals surface area contributed by atoms with Crippen LogP contribution in [-0.4, -0.2) is 40.8 Å². The van der Waals surface area contributed by atoms with Crippen molar-refractivity contribution < 1.29 is 4.21 Å². The molecular weight excluding hydrogens is 326 g/mol. The zero-order chi connectivity index (χ0) is 16.7. The molecule has 4 atom stereocenters. The van der Waals surface area contributed by atoms with Gasteiger partial charge in [-0.3, -0.25) is 9.20 Å². The monoisotopic (exact) mass is 355 g/mol. The standard InChI is InChI=1S/C17H29N3OS2/c1-4-23(21)16-7-5-6-15(10-16)20-17(18-3)19-11-13(2)14-8-9-22-12-14/h8-9,12-13,15-16H,4-7,10-11H2,1-3H3,(H2,18,19,20). The van der Waals surface area contributed by atoms with Crippen molar-refractivity contribution in [1.29, 1.82) is 0 Å². The third-order valence-electron chi connectivity index (χ3n) is 4.53. The van der Waals surface area contributed by atoms with Gasteiger partial charge in [0.05, 0.1) is 0 Å². The Balaban J connectivity index is 1.81. The van der Waals surface area contributed by atoms with E-state index in [1.807, 2.05) is 14.0 Å². The van der Waals surface area contributed by atoms with E-state index in [-0.39, 0.29) is 0 Å². The smallest absolute Gasteiger partial charge is 0.191 e. The number of hydrogen-bond donors (Lipinski definition) is 2. The van der Waals surface area contributed by atoms with Gasteiger partial charge in [-0.05, 0) is 47.6 Å². The van der Waals surface area contributed by atoms with Gasteiger partial charge in [-0.25, -0.2) is 0 Å². The summed E-state index contributed by atoms with van der Waals surface area (Å²) in [6.07, 6.45) is 4.37. The number of nitrogens with one attached hydrogen (secondary N) is 2. The van der Waals surface area contributed by atoms with E-state index in [9.17, 15) is 4.21 Å². The Morgan fingerprint density at radius 2 is 2.35 bits per heavy atom. The van der Waals surface area contributed by atoms with E-state index in [0.717, 1.165) is 43.9 Å². The number of aliphatic imine (C=N–C) groups is 1. The summed E-state index contributed by atoms with van der Waals surface area (Å²) in [5.74, 6) is 2.09. The third kappa shape index (κ3) is 5.60. The minimum Gasteiger partial charge on any atom is -0.356 e. The molecule has 1 aliphatic carbocycles. The van der Waals surface area contributed by atoms with Crippen molar-refractivity contribution in [3.05, 3.63) is 22.4 Å². The highest BCUT2D eigenvalue weighted by atomic mass is 32.2. The molecule has 130 valence electrons. The van der Waals surface area contributed by atoms with Gasteiger partial charge < -0.3 is 10.6 Å². The summed E-state index contributed by atoms with van der Waals surface area (Å²) in [6.45, 7) is 5.11. The summed E-state index contributed by atoms with van der Waals surface area (Å²) in [6, 6.07) is 2.56. The molecule has 0 aromatic carbocycles. The molecule has 2 rings (SSSR count). The van der Waals surface area contributed by atoms with Crippen LogP contribution in [0, 0.1) is 0 Å². The normalized spacial score (nSPS) is 24.9. The molecule has 0 amide bonds. The summed E-state index contributed by atoms with van der Waals surface area (Å²) in [4.78, 5) is 4.35. The topological polar surface area (TPSA) is 53.5 Å². The molecule has 0 aliphatic heterocycles. The molecule has 1 saturated carbocycles. The lowest BCUT2D eigenvalue weighted by Crippen LogP contribution is -2.47. The Morgan fingerprint density at radius 1 is 1.52 bits per heavy atom. The maximum atomic E-state index is 12.1. The molecule has 0 spiro atoms. The molecule has 1 aliphatic rings. The molecule has 0 bridgehead atoms. The molecule has 1 heterocycles. The molecular formula is C17H29N3OS2. The first kappa shape index (κ1) is 18.5. The van der Waals surface area contributed by atoms with Crippen molar-refractivity contribution in [1.82, 2.24) is 10.6 Å². The minimum atomic E-state index is -0.681. The summed E-state index contributed by atoms with van der Waals surface area (Å²) in [5.41, 5.74) is 1.37. The fourth-order valence-electron chi connectivity index (χ4n) is 3.06. The Hall–Kier alpha value is -0.880. The number of nitrogens with zero attached hydrogens (tertiary/aromatic N) is 1. The second kappa shape index (κ2) is 9.42. The van der Waals surface area contributed by atoms with Crippen molar-refractivity contribution in [3.8, 4) is 0 Å². The summed E-state index contributed by atoms with van der Waals surface area (Å²) >= 11 is 1.74. The van der Waals surface area contributed by atoms with Crippen LogP contribution in [0.25, 0.3) is 0 Å². The Labute approximate surface area is 146 Å². The van der Waals surface area contributed by atoms with E-state index in [4.69, 9.17) is 0 Å². The van der Waals surface area contributed by atoms with Crippen LogP contribution in [0.3, 0.4) is 0 Å². The lowest BCUT2D eigenvalue weighted by Gasteiger charge is -2.30. The van der Waals surface area contributed by atoms with Crippen LogP contribution in [0.1, 0.15) is 51.0 Å². The van der Waals surface area contributed by atoms with Crippen LogP contribution in [0.2, 0.25) is 0 Å². The fourth-order valence-corrected chi connectivity index (χ4v) is 5.19. The summed E-state index contributed by atoms with van der Waals surface area (Å²) in [7, 11) is 1.13.